The quantitative estimate of drug-likeness (QED) is 0.144. The fraction of sp³-hybridized carbons (Fsp3) is 0.0312. The van der Waals surface area contributed by atoms with Crippen LogP contribution in [0.15, 0.2) is 237 Å². The van der Waals surface area contributed by atoms with E-state index in [1.54, 1.807) is 0 Å². The van der Waals surface area contributed by atoms with E-state index in [9.17, 15) is 0 Å². The predicted molar refractivity (Wildman–Crippen MR) is 292 cm³/mol. The van der Waals surface area contributed by atoms with E-state index in [0.29, 0.717) is 17.5 Å². The predicted octanol–water partition coefficient (Wildman–Crippen LogP) is 16.2. The van der Waals surface area contributed by atoms with Crippen LogP contribution in [-0.4, -0.2) is 29.1 Å². The molecule has 0 fully saturated rings. The Balaban J connectivity index is 1.05. The molecule has 4 heterocycles. The zero-order valence-corrected chi connectivity index (χ0v) is 39.1. The average molecular weight is 912 g/mol. The van der Waals surface area contributed by atoms with Gasteiger partial charge in [-0.1, -0.05) is 132 Å². The van der Waals surface area contributed by atoms with Gasteiger partial charge in [0.15, 0.2) is 17.5 Å². The number of benzene rings is 9. The number of hydrogen-bond donors (Lipinski definition) is 0. The van der Waals surface area contributed by atoms with Crippen molar-refractivity contribution in [3.8, 4) is 56.7 Å². The van der Waals surface area contributed by atoms with Gasteiger partial charge in [0, 0.05) is 62.0 Å². The Labute approximate surface area is 411 Å². The van der Waals surface area contributed by atoms with Gasteiger partial charge in [-0.3, -0.25) is 4.98 Å². The fourth-order valence-electron chi connectivity index (χ4n) is 10.2. The van der Waals surface area contributed by atoms with Crippen molar-refractivity contribution in [2.24, 2.45) is 0 Å². The van der Waals surface area contributed by atoms with Crippen molar-refractivity contribution in [3.63, 3.8) is 0 Å². The number of para-hydroxylation sites is 2. The van der Waals surface area contributed by atoms with Gasteiger partial charge in [-0.2, -0.15) is 0 Å². The molecular weight excluding hydrogens is 867 g/mol. The van der Waals surface area contributed by atoms with Crippen LogP contribution in [0.3, 0.4) is 0 Å². The monoisotopic (exact) mass is 911 g/mol. The Bertz CT molecular complexity index is 3910. The van der Waals surface area contributed by atoms with Crippen LogP contribution in [0.2, 0.25) is 0 Å². The normalized spacial score (nSPS) is 11.5. The lowest BCUT2D eigenvalue weighted by Gasteiger charge is -2.28. The third-order valence-electron chi connectivity index (χ3n) is 13.5. The molecule has 13 aromatic rings. The van der Waals surface area contributed by atoms with Crippen molar-refractivity contribution < 1.29 is 0 Å². The van der Waals surface area contributed by atoms with E-state index < -0.39 is 0 Å². The maximum atomic E-state index is 5.07. The summed E-state index contributed by atoms with van der Waals surface area (Å²) in [5, 5.41) is 4.88. The molecule has 0 spiro atoms. The van der Waals surface area contributed by atoms with E-state index in [4.69, 9.17) is 15.0 Å². The molecule has 336 valence electrons. The number of rotatable bonds is 9. The first-order valence-electron chi connectivity index (χ1n) is 23.9. The highest BCUT2D eigenvalue weighted by atomic mass is 15.2. The molecule has 0 atom stereocenters. The topological polar surface area (TPSA) is 64.7 Å². The standard InChI is InChI=1S/C64H45N7/c1-42-21-31-60-56(37-42)54-17-9-11-19-58(54)70(60)52-39-51(40-53(41-52)71-59-20-12-10-18-55(59)57-38-43(2)22-32-61(57)71)69(49-27-23-44(24-28-49)45-33-35-65-36-34-45)50-29-25-48(26-30-50)64-67-62(46-13-5-3-6-14-46)66-63(68-64)47-15-7-4-8-16-47/h3-41H,1-2H3. The second kappa shape index (κ2) is 17.3. The minimum Gasteiger partial charge on any atom is -0.310 e. The zero-order valence-electron chi connectivity index (χ0n) is 39.1. The number of pyridine rings is 1. The van der Waals surface area contributed by atoms with Crippen LogP contribution in [0.1, 0.15) is 11.1 Å². The van der Waals surface area contributed by atoms with Gasteiger partial charge in [0.05, 0.1) is 39.1 Å². The number of hydrogen-bond acceptors (Lipinski definition) is 5. The third-order valence-corrected chi connectivity index (χ3v) is 13.5. The lowest BCUT2D eigenvalue weighted by Crippen LogP contribution is -2.12. The minimum absolute atomic E-state index is 0.602. The SMILES string of the molecule is Cc1ccc2c(c1)c1ccccc1n2-c1cc(N(c2ccc(-c3ccncc3)cc2)c2ccc(-c3nc(-c4ccccc4)nc(-c4ccccc4)n3)cc2)cc(-n2c3ccccc3c3cc(C)ccc32)c1. The van der Waals surface area contributed by atoms with Crippen LogP contribution >= 0.6 is 0 Å². The summed E-state index contributed by atoms with van der Waals surface area (Å²) >= 11 is 0. The van der Waals surface area contributed by atoms with Gasteiger partial charge in [0.1, 0.15) is 0 Å². The highest BCUT2D eigenvalue weighted by Gasteiger charge is 2.22. The molecule has 0 amide bonds. The number of fused-ring (bicyclic) bond motifs is 6. The molecule has 7 heteroatoms. The zero-order chi connectivity index (χ0) is 47.4. The molecule has 4 aromatic heterocycles. The van der Waals surface area contributed by atoms with Gasteiger partial charge in [-0.05, 0) is 128 Å². The van der Waals surface area contributed by atoms with Crippen molar-refractivity contribution in [2.75, 3.05) is 4.90 Å². The van der Waals surface area contributed by atoms with E-state index in [1.165, 1.54) is 32.7 Å². The summed E-state index contributed by atoms with van der Waals surface area (Å²) in [5.41, 5.74) is 17.1. The van der Waals surface area contributed by atoms with E-state index in [1.807, 2.05) is 73.1 Å². The maximum Gasteiger partial charge on any atom is 0.164 e. The molecule has 7 nitrogen and oxygen atoms in total. The largest absolute Gasteiger partial charge is 0.310 e. The second-order valence-corrected chi connectivity index (χ2v) is 18.2. The van der Waals surface area contributed by atoms with Crippen molar-refractivity contribution in [1.29, 1.82) is 0 Å². The molecule has 9 aromatic carbocycles. The first-order chi connectivity index (χ1) is 35.0. The van der Waals surface area contributed by atoms with E-state index in [2.05, 4.69) is 197 Å². The first kappa shape index (κ1) is 41.7. The minimum atomic E-state index is 0.602. The third kappa shape index (κ3) is 7.48. The Kier molecular flexibility index (Phi) is 10.1. The van der Waals surface area contributed by atoms with Crippen molar-refractivity contribution in [1.82, 2.24) is 29.1 Å². The van der Waals surface area contributed by atoms with Gasteiger partial charge >= 0.3 is 0 Å². The molecule has 0 aliphatic rings. The van der Waals surface area contributed by atoms with Gasteiger partial charge in [0.25, 0.3) is 0 Å². The molecule has 13 rings (SSSR count). The molecule has 0 unspecified atom stereocenters. The summed E-state index contributed by atoms with van der Waals surface area (Å²) in [6.07, 6.45) is 3.68. The number of anilines is 3. The van der Waals surface area contributed by atoms with Crippen molar-refractivity contribution in [2.45, 2.75) is 13.8 Å². The first-order valence-corrected chi connectivity index (χ1v) is 23.9. The molecule has 0 aliphatic heterocycles. The van der Waals surface area contributed by atoms with E-state index in [0.717, 1.165) is 78.3 Å². The molecule has 71 heavy (non-hydrogen) atoms. The Morgan fingerprint density at radius 2 is 0.704 bits per heavy atom. The van der Waals surface area contributed by atoms with Crippen LogP contribution in [0, 0.1) is 13.8 Å². The van der Waals surface area contributed by atoms with Crippen LogP contribution in [0.4, 0.5) is 17.1 Å². The van der Waals surface area contributed by atoms with Gasteiger partial charge in [-0.15, -0.1) is 0 Å². The smallest absolute Gasteiger partial charge is 0.164 e. The summed E-state index contributed by atoms with van der Waals surface area (Å²) in [4.78, 5) is 21.8. The molecule has 0 saturated heterocycles. The summed E-state index contributed by atoms with van der Waals surface area (Å²) in [6.45, 7) is 4.34. The molecule has 0 saturated carbocycles. The summed E-state index contributed by atoms with van der Waals surface area (Å²) in [5.74, 6) is 1.85. The number of nitrogens with zero attached hydrogens (tertiary/aromatic N) is 7. The lowest BCUT2D eigenvalue weighted by atomic mass is 10.1. The Hall–Kier alpha value is -9.46. The van der Waals surface area contributed by atoms with E-state index in [-0.39, 0.29) is 0 Å². The molecule has 0 aliphatic carbocycles. The second-order valence-electron chi connectivity index (χ2n) is 18.2. The molecule has 0 radical (unpaired) electrons. The molecular formula is C64H45N7. The average Bonchev–Trinajstić information content (AvgIpc) is 3.94. The summed E-state index contributed by atoms with van der Waals surface area (Å²) < 4.78 is 4.86. The Morgan fingerprint density at radius 1 is 0.310 bits per heavy atom. The maximum absolute atomic E-state index is 5.07. The van der Waals surface area contributed by atoms with Gasteiger partial charge in [-0.25, -0.2) is 15.0 Å². The fourth-order valence-corrected chi connectivity index (χ4v) is 10.2. The van der Waals surface area contributed by atoms with Crippen LogP contribution in [-0.2, 0) is 0 Å². The van der Waals surface area contributed by atoms with Gasteiger partial charge in [0.2, 0.25) is 0 Å². The van der Waals surface area contributed by atoms with Crippen LogP contribution < -0.4 is 4.90 Å². The molecule has 0 bridgehead atoms. The number of aromatic nitrogens is 6. The van der Waals surface area contributed by atoms with Crippen molar-refractivity contribution >= 4 is 60.7 Å². The molecule has 0 N–H and O–H groups in total. The van der Waals surface area contributed by atoms with Gasteiger partial charge < -0.3 is 14.0 Å². The van der Waals surface area contributed by atoms with Crippen molar-refractivity contribution in [3.05, 3.63) is 248 Å². The Morgan fingerprint density at radius 3 is 1.18 bits per heavy atom. The van der Waals surface area contributed by atoms with E-state index >= 15 is 0 Å². The lowest BCUT2D eigenvalue weighted by molar-refractivity contribution is 1.07. The number of aryl methyl sites for hydroxylation is 2. The highest BCUT2D eigenvalue weighted by Crippen LogP contribution is 2.42. The summed E-state index contributed by atoms with van der Waals surface area (Å²) in [6, 6.07) is 79.9. The van der Waals surface area contributed by atoms with Crippen LogP contribution in [0.5, 0.6) is 0 Å². The summed E-state index contributed by atoms with van der Waals surface area (Å²) in [7, 11) is 0. The van der Waals surface area contributed by atoms with Crippen LogP contribution in [0.25, 0.3) is 100 Å². The highest BCUT2D eigenvalue weighted by molar-refractivity contribution is 6.11.